The summed E-state index contributed by atoms with van der Waals surface area (Å²) in [7, 11) is 0. The fourth-order valence-corrected chi connectivity index (χ4v) is 2.11. The highest BCUT2D eigenvalue weighted by Gasteiger charge is 2.39. The Kier molecular flexibility index (Phi) is 4.68. The minimum atomic E-state index is -4.45. The van der Waals surface area contributed by atoms with Crippen LogP contribution >= 0.6 is 0 Å². The highest BCUT2D eigenvalue weighted by molar-refractivity contribution is 6.03. The van der Waals surface area contributed by atoms with E-state index in [2.05, 4.69) is 10.1 Å². The number of hydrogen-bond donors (Lipinski definition) is 0. The number of amides is 1. The third kappa shape index (κ3) is 3.96. The van der Waals surface area contributed by atoms with E-state index in [4.69, 9.17) is 4.84 Å². The van der Waals surface area contributed by atoms with Gasteiger partial charge in [0, 0.05) is 30.4 Å². The number of alkyl halides is 3. The molecule has 1 aliphatic rings. The van der Waals surface area contributed by atoms with Crippen LogP contribution in [0.25, 0.3) is 0 Å². The smallest absolute Gasteiger partial charge is 0.382 e. The molecule has 0 saturated carbocycles. The van der Waals surface area contributed by atoms with Crippen LogP contribution in [0.15, 0.2) is 29.7 Å². The summed E-state index contributed by atoms with van der Waals surface area (Å²) in [5.74, 6) is -0.713. The maximum absolute atomic E-state index is 12.6. The predicted octanol–water partition coefficient (Wildman–Crippen LogP) is 2.37. The van der Waals surface area contributed by atoms with Crippen LogP contribution in [0.5, 0.6) is 0 Å². The molecule has 0 aromatic carbocycles. The SMILES string of the molecule is CC(C)N(CC(F)(F)F)C(=O)[C@@H]1CC(c2cccnc2)=NO1. The van der Waals surface area contributed by atoms with Crippen molar-refractivity contribution in [2.75, 3.05) is 6.54 Å². The van der Waals surface area contributed by atoms with Gasteiger partial charge in [0.25, 0.3) is 5.91 Å². The number of halogens is 3. The van der Waals surface area contributed by atoms with Crippen LogP contribution in [0.3, 0.4) is 0 Å². The number of carbonyl (C=O) groups excluding carboxylic acids is 1. The lowest BCUT2D eigenvalue weighted by Gasteiger charge is -2.29. The molecule has 120 valence electrons. The third-order valence-electron chi connectivity index (χ3n) is 3.20. The zero-order chi connectivity index (χ0) is 16.3. The zero-order valence-corrected chi connectivity index (χ0v) is 12.2. The van der Waals surface area contributed by atoms with Crippen molar-refractivity contribution < 1.29 is 22.8 Å². The van der Waals surface area contributed by atoms with Crippen molar-refractivity contribution in [3.8, 4) is 0 Å². The minimum Gasteiger partial charge on any atom is -0.382 e. The van der Waals surface area contributed by atoms with E-state index in [9.17, 15) is 18.0 Å². The maximum Gasteiger partial charge on any atom is 0.406 e. The van der Waals surface area contributed by atoms with Gasteiger partial charge >= 0.3 is 6.18 Å². The highest BCUT2D eigenvalue weighted by atomic mass is 19.4. The average Bonchev–Trinajstić information content (AvgIpc) is 2.93. The molecule has 1 aliphatic heterocycles. The van der Waals surface area contributed by atoms with Gasteiger partial charge in [-0.15, -0.1) is 0 Å². The molecule has 1 aromatic heterocycles. The van der Waals surface area contributed by atoms with Crippen molar-refractivity contribution in [3.05, 3.63) is 30.1 Å². The molecular weight excluding hydrogens is 299 g/mol. The maximum atomic E-state index is 12.6. The molecule has 0 unspecified atom stereocenters. The molecule has 0 N–H and O–H groups in total. The summed E-state index contributed by atoms with van der Waals surface area (Å²) >= 11 is 0. The molecule has 2 heterocycles. The standard InChI is InChI=1S/C14H16F3N3O2/c1-9(2)20(8-14(15,16)17)13(21)12-6-11(19-22-12)10-4-3-5-18-7-10/h3-5,7,9,12H,6,8H2,1-2H3/t12-/m0/s1. The second-order valence-electron chi connectivity index (χ2n) is 5.25. The average molecular weight is 315 g/mol. The van der Waals surface area contributed by atoms with Crippen LogP contribution in [-0.2, 0) is 9.63 Å². The summed E-state index contributed by atoms with van der Waals surface area (Å²) in [6.45, 7) is 1.76. The Hall–Kier alpha value is -2.12. The lowest BCUT2D eigenvalue weighted by atomic mass is 10.1. The van der Waals surface area contributed by atoms with Gasteiger partial charge in [0.1, 0.15) is 6.54 Å². The summed E-state index contributed by atoms with van der Waals surface area (Å²) in [4.78, 5) is 22.0. The van der Waals surface area contributed by atoms with E-state index in [0.717, 1.165) is 4.90 Å². The summed E-state index contributed by atoms with van der Waals surface area (Å²) < 4.78 is 37.8. The molecule has 0 radical (unpaired) electrons. The molecule has 0 fully saturated rings. The van der Waals surface area contributed by atoms with Crippen LogP contribution in [0.1, 0.15) is 25.8 Å². The van der Waals surface area contributed by atoms with E-state index in [0.29, 0.717) is 11.3 Å². The second-order valence-corrected chi connectivity index (χ2v) is 5.25. The number of rotatable bonds is 4. The quantitative estimate of drug-likeness (QED) is 0.857. The molecule has 0 bridgehead atoms. The Morgan fingerprint density at radius 3 is 2.77 bits per heavy atom. The minimum absolute atomic E-state index is 0.131. The molecule has 2 rings (SSSR count). The van der Waals surface area contributed by atoms with Crippen molar-refractivity contribution >= 4 is 11.6 Å². The van der Waals surface area contributed by atoms with Crippen molar-refractivity contribution in [3.63, 3.8) is 0 Å². The number of carbonyl (C=O) groups is 1. The van der Waals surface area contributed by atoms with Gasteiger partial charge in [0.15, 0.2) is 0 Å². The first kappa shape index (κ1) is 16.3. The molecule has 5 nitrogen and oxygen atoms in total. The Morgan fingerprint density at radius 1 is 1.50 bits per heavy atom. The highest BCUT2D eigenvalue weighted by Crippen LogP contribution is 2.23. The van der Waals surface area contributed by atoms with E-state index in [1.807, 2.05) is 0 Å². The number of nitrogens with zero attached hydrogens (tertiary/aromatic N) is 3. The first-order valence-electron chi connectivity index (χ1n) is 6.78. The fourth-order valence-electron chi connectivity index (χ4n) is 2.11. The van der Waals surface area contributed by atoms with Gasteiger partial charge in [-0.1, -0.05) is 5.16 Å². The predicted molar refractivity (Wildman–Crippen MR) is 73.2 cm³/mol. The van der Waals surface area contributed by atoms with Gasteiger partial charge in [0.05, 0.1) is 5.71 Å². The van der Waals surface area contributed by atoms with Gasteiger partial charge in [-0.2, -0.15) is 13.2 Å². The molecule has 0 aliphatic carbocycles. The van der Waals surface area contributed by atoms with Crippen molar-refractivity contribution in [1.82, 2.24) is 9.88 Å². The molecule has 1 atom stereocenters. The normalized spacial score (nSPS) is 18.1. The van der Waals surface area contributed by atoms with Crippen LogP contribution in [0, 0.1) is 0 Å². The molecule has 22 heavy (non-hydrogen) atoms. The molecule has 8 heteroatoms. The van der Waals surface area contributed by atoms with Gasteiger partial charge < -0.3 is 9.74 Å². The van der Waals surface area contributed by atoms with Gasteiger partial charge in [-0.25, -0.2) is 0 Å². The monoisotopic (exact) mass is 315 g/mol. The van der Waals surface area contributed by atoms with Crippen molar-refractivity contribution in [2.45, 2.75) is 38.6 Å². The van der Waals surface area contributed by atoms with E-state index < -0.39 is 30.8 Å². The van der Waals surface area contributed by atoms with Gasteiger partial charge in [-0.05, 0) is 26.0 Å². The Balaban J connectivity index is 2.05. The summed E-state index contributed by atoms with van der Waals surface area (Å²) in [6, 6.07) is 2.87. The Labute approximate surface area is 125 Å². The van der Waals surface area contributed by atoms with Crippen molar-refractivity contribution in [1.29, 1.82) is 0 Å². The first-order chi connectivity index (χ1) is 10.3. The topological polar surface area (TPSA) is 54.8 Å². The number of aromatic nitrogens is 1. The molecule has 0 spiro atoms. The van der Waals surface area contributed by atoms with E-state index >= 15 is 0 Å². The zero-order valence-electron chi connectivity index (χ0n) is 12.2. The molecule has 1 aromatic rings. The van der Waals surface area contributed by atoms with Gasteiger partial charge in [0.2, 0.25) is 6.10 Å². The molecule has 1 amide bonds. The first-order valence-corrected chi connectivity index (χ1v) is 6.78. The summed E-state index contributed by atoms with van der Waals surface area (Å²) in [5, 5.41) is 3.79. The van der Waals surface area contributed by atoms with Crippen LogP contribution in [-0.4, -0.2) is 46.4 Å². The van der Waals surface area contributed by atoms with E-state index in [1.165, 1.54) is 13.8 Å². The van der Waals surface area contributed by atoms with Gasteiger partial charge in [-0.3, -0.25) is 9.78 Å². The van der Waals surface area contributed by atoms with Crippen LogP contribution in [0.2, 0.25) is 0 Å². The van der Waals surface area contributed by atoms with Crippen LogP contribution in [0.4, 0.5) is 13.2 Å². The summed E-state index contributed by atoms with van der Waals surface area (Å²) in [6.07, 6.45) is -2.20. The third-order valence-corrected chi connectivity index (χ3v) is 3.20. The van der Waals surface area contributed by atoms with Crippen LogP contribution < -0.4 is 0 Å². The number of hydrogen-bond acceptors (Lipinski definition) is 4. The summed E-state index contributed by atoms with van der Waals surface area (Å²) in [5.41, 5.74) is 1.19. The second kappa shape index (κ2) is 6.33. The fraction of sp³-hybridized carbons (Fsp3) is 0.500. The van der Waals surface area contributed by atoms with Crippen molar-refractivity contribution in [2.24, 2.45) is 5.16 Å². The Bertz CT molecular complexity index is 558. The number of oxime groups is 1. The van der Waals surface area contributed by atoms with E-state index in [1.54, 1.807) is 24.5 Å². The Morgan fingerprint density at radius 2 is 2.23 bits per heavy atom. The lowest BCUT2D eigenvalue weighted by molar-refractivity contribution is -0.170. The largest absolute Gasteiger partial charge is 0.406 e. The molecule has 0 saturated heterocycles. The lowest BCUT2D eigenvalue weighted by Crippen LogP contribution is -2.47. The van der Waals surface area contributed by atoms with E-state index in [-0.39, 0.29) is 6.42 Å². The molecular formula is C14H16F3N3O2. The number of pyridine rings is 1.